The van der Waals surface area contributed by atoms with Crippen LogP contribution in [-0.2, 0) is 0 Å². The Labute approximate surface area is 143 Å². The van der Waals surface area contributed by atoms with E-state index in [1.54, 1.807) is 11.8 Å². The summed E-state index contributed by atoms with van der Waals surface area (Å²) in [6, 6.07) is 12.6. The molecule has 108 valence electrons. The third kappa shape index (κ3) is 2.50. The van der Waals surface area contributed by atoms with Gasteiger partial charge in [0.2, 0.25) is 0 Å². The number of fused-ring (bicyclic) bond motifs is 2. The zero-order valence-electron chi connectivity index (χ0n) is 11.5. The summed E-state index contributed by atoms with van der Waals surface area (Å²) in [6.07, 6.45) is 0. The number of benzene rings is 2. The van der Waals surface area contributed by atoms with Crippen molar-refractivity contribution < 1.29 is 0 Å². The zero-order chi connectivity index (χ0) is 13.7. The average molecular weight is 382 g/mol. The first-order valence-electron chi connectivity index (χ1n) is 6.63. The molecule has 0 saturated heterocycles. The van der Waals surface area contributed by atoms with E-state index in [9.17, 15) is 0 Å². The van der Waals surface area contributed by atoms with Crippen LogP contribution in [0, 0.1) is 0 Å². The molecule has 0 fully saturated rings. The molecule has 0 bridgehead atoms. The number of allylic oxidation sites excluding steroid dienone is 1. The number of rotatable bonds is 1. The van der Waals surface area contributed by atoms with Crippen molar-refractivity contribution in [3.8, 4) is 0 Å². The fourth-order valence-corrected chi connectivity index (χ4v) is 4.05. The molecule has 0 unspecified atom stereocenters. The smallest absolute Gasteiger partial charge is 0.168 e. The van der Waals surface area contributed by atoms with Gasteiger partial charge in [0.05, 0.1) is 12.2 Å². The maximum absolute atomic E-state index is 6.05. The van der Waals surface area contributed by atoms with Crippen LogP contribution in [0.25, 0.3) is 16.5 Å². The van der Waals surface area contributed by atoms with Crippen LogP contribution in [0.5, 0.6) is 0 Å². The van der Waals surface area contributed by atoms with Crippen molar-refractivity contribution in [2.75, 3.05) is 13.1 Å². The van der Waals surface area contributed by atoms with Gasteiger partial charge in [0, 0.05) is 16.5 Å². The van der Waals surface area contributed by atoms with E-state index >= 15 is 0 Å². The summed E-state index contributed by atoms with van der Waals surface area (Å²) in [4.78, 5) is 8.20. The van der Waals surface area contributed by atoms with E-state index in [0.717, 1.165) is 23.3 Å². The first kappa shape index (κ1) is 14.9. The van der Waals surface area contributed by atoms with Gasteiger partial charge in [-0.2, -0.15) is 0 Å². The molecule has 2 heterocycles. The summed E-state index contributed by atoms with van der Waals surface area (Å²) in [7, 11) is 0. The molecule has 0 N–H and O–H groups in total. The van der Waals surface area contributed by atoms with Crippen LogP contribution in [0.3, 0.4) is 0 Å². The Morgan fingerprint density at radius 1 is 1.14 bits per heavy atom. The van der Waals surface area contributed by atoms with Crippen molar-refractivity contribution >= 4 is 62.0 Å². The lowest BCUT2D eigenvalue weighted by Crippen LogP contribution is -2.19. The number of hydrogen-bond acceptors (Lipinski definition) is 3. The normalized spacial score (nSPS) is 17.0. The minimum absolute atomic E-state index is 0. The molecule has 0 amide bonds. The average Bonchev–Trinajstić information content (AvgIpc) is 2.98. The maximum Gasteiger partial charge on any atom is 0.168 e. The minimum atomic E-state index is 0. The molecule has 4 rings (SSSR count). The molecule has 2 nitrogen and oxygen atoms in total. The monoisotopic (exact) mass is 380 g/mol. The molecule has 2 aromatic rings. The predicted octanol–water partition coefficient (Wildman–Crippen LogP) is 5.18. The molecule has 0 spiro atoms. The lowest BCUT2D eigenvalue weighted by Gasteiger charge is -2.17. The van der Waals surface area contributed by atoms with E-state index in [4.69, 9.17) is 11.6 Å². The van der Waals surface area contributed by atoms with E-state index in [0.29, 0.717) is 0 Å². The second-order valence-corrected chi connectivity index (χ2v) is 6.65. The van der Waals surface area contributed by atoms with E-state index in [1.165, 1.54) is 26.9 Å². The number of halogens is 2. The third-order valence-corrected chi connectivity index (χ3v) is 4.99. The van der Waals surface area contributed by atoms with E-state index < -0.39 is 0 Å². The van der Waals surface area contributed by atoms with Crippen LogP contribution in [0.2, 0.25) is 5.02 Å². The number of nitrogens with zero attached hydrogens (tertiary/aromatic N) is 2. The van der Waals surface area contributed by atoms with Crippen molar-refractivity contribution in [3.05, 3.63) is 51.9 Å². The van der Waals surface area contributed by atoms with Gasteiger partial charge in [-0.3, -0.25) is 4.99 Å². The van der Waals surface area contributed by atoms with Crippen LogP contribution in [0.4, 0.5) is 0 Å². The molecule has 0 aromatic heterocycles. The maximum atomic E-state index is 6.05. The third-order valence-electron chi connectivity index (χ3n) is 3.73. The van der Waals surface area contributed by atoms with Gasteiger partial charge in [0.25, 0.3) is 0 Å². The van der Waals surface area contributed by atoms with Crippen LogP contribution in [0.15, 0.2) is 46.3 Å². The molecule has 0 saturated carbocycles. The number of amidine groups is 1. The molecule has 0 aliphatic carbocycles. The Kier molecular flexibility index (Phi) is 4.04. The van der Waals surface area contributed by atoms with E-state index in [2.05, 4.69) is 41.1 Å². The van der Waals surface area contributed by atoms with Crippen LogP contribution in [-0.4, -0.2) is 23.2 Å². The molecule has 2 aliphatic rings. The van der Waals surface area contributed by atoms with Gasteiger partial charge in [-0.25, -0.2) is 0 Å². The number of aliphatic imine (C=N–C) groups is 1. The fraction of sp³-hybridized carbons (Fsp3) is 0.188. The lowest BCUT2D eigenvalue weighted by molar-refractivity contribution is 0.648. The Bertz CT molecular complexity index is 785. The summed E-state index contributed by atoms with van der Waals surface area (Å²) in [5.41, 5.74) is 2.57. The summed E-state index contributed by atoms with van der Waals surface area (Å²) in [6.45, 7) is 4.07. The van der Waals surface area contributed by atoms with Crippen molar-refractivity contribution in [2.24, 2.45) is 4.99 Å². The van der Waals surface area contributed by atoms with Gasteiger partial charge in [-0.1, -0.05) is 41.6 Å². The van der Waals surface area contributed by atoms with Gasteiger partial charge in [-0.05, 0) is 41.5 Å². The molecule has 5 heteroatoms. The Hall–Kier alpha value is -0.970. The molecule has 2 aromatic carbocycles. The van der Waals surface area contributed by atoms with Gasteiger partial charge in [0.1, 0.15) is 0 Å². The van der Waals surface area contributed by atoms with Crippen LogP contribution < -0.4 is 0 Å². The van der Waals surface area contributed by atoms with E-state index in [-0.39, 0.29) is 17.0 Å². The highest BCUT2D eigenvalue weighted by atomic mass is 79.9. The summed E-state index contributed by atoms with van der Waals surface area (Å²) in [5.74, 6) is 0. The van der Waals surface area contributed by atoms with Gasteiger partial charge < -0.3 is 4.90 Å². The first-order valence-corrected chi connectivity index (χ1v) is 7.82. The van der Waals surface area contributed by atoms with Crippen molar-refractivity contribution in [1.29, 1.82) is 0 Å². The lowest BCUT2D eigenvalue weighted by atomic mass is 10.0. The second kappa shape index (κ2) is 5.67. The zero-order valence-corrected chi connectivity index (χ0v) is 14.8. The quantitative estimate of drug-likeness (QED) is 0.676. The van der Waals surface area contributed by atoms with E-state index in [1.807, 2.05) is 12.1 Å². The standard InChI is InChI=1S/C16H13ClN2S.BrH/c1-10-15(19-7-6-18-16(19)20-10)13-3-2-12-9-14(17)5-4-11(12)8-13;/h2-5,8-9H,6-7H2,1H3;1H. The van der Waals surface area contributed by atoms with Crippen molar-refractivity contribution in [1.82, 2.24) is 4.90 Å². The largest absolute Gasteiger partial charge is 0.318 e. The van der Waals surface area contributed by atoms with Crippen molar-refractivity contribution in [3.63, 3.8) is 0 Å². The topological polar surface area (TPSA) is 15.6 Å². The fourth-order valence-electron chi connectivity index (χ4n) is 2.82. The molecular formula is C16H14BrClN2S. The van der Waals surface area contributed by atoms with Gasteiger partial charge in [0.15, 0.2) is 5.17 Å². The predicted molar refractivity (Wildman–Crippen MR) is 98.5 cm³/mol. The summed E-state index contributed by atoms with van der Waals surface area (Å²) < 4.78 is 0. The highest BCUT2D eigenvalue weighted by Gasteiger charge is 2.30. The molecule has 0 radical (unpaired) electrons. The number of hydrogen-bond donors (Lipinski definition) is 0. The van der Waals surface area contributed by atoms with Gasteiger partial charge >= 0.3 is 0 Å². The summed E-state index contributed by atoms with van der Waals surface area (Å²) in [5, 5.41) is 4.34. The highest BCUT2D eigenvalue weighted by molar-refractivity contribution is 8.93. The summed E-state index contributed by atoms with van der Waals surface area (Å²) >= 11 is 7.83. The number of thioether (sulfide) groups is 1. The molecular weight excluding hydrogens is 368 g/mol. The Balaban J connectivity index is 0.00000132. The minimum Gasteiger partial charge on any atom is -0.318 e. The molecule has 21 heavy (non-hydrogen) atoms. The second-order valence-electron chi connectivity index (χ2n) is 5.03. The SMILES string of the molecule is Br.CC1=C(c2ccc3cc(Cl)ccc3c2)N2CCN=C2S1. The first-order chi connectivity index (χ1) is 9.72. The van der Waals surface area contributed by atoms with Gasteiger partial charge in [-0.15, -0.1) is 17.0 Å². The van der Waals surface area contributed by atoms with Crippen molar-refractivity contribution in [2.45, 2.75) is 6.92 Å². The molecule has 2 aliphatic heterocycles. The highest BCUT2D eigenvalue weighted by Crippen LogP contribution is 2.41. The Morgan fingerprint density at radius 3 is 2.76 bits per heavy atom. The van der Waals surface area contributed by atoms with Crippen LogP contribution in [0.1, 0.15) is 12.5 Å². The molecule has 0 atom stereocenters. The Morgan fingerprint density at radius 2 is 1.90 bits per heavy atom. The van der Waals surface area contributed by atoms with Crippen LogP contribution >= 0.6 is 40.3 Å².